The van der Waals surface area contributed by atoms with Crippen LogP contribution in [0.15, 0.2) is 41.2 Å². The van der Waals surface area contributed by atoms with Gasteiger partial charge >= 0.3 is 6.03 Å². The smallest absolute Gasteiger partial charge is 0.324 e. The fourth-order valence-corrected chi connectivity index (χ4v) is 3.19. The number of hydrogen-bond acceptors (Lipinski definition) is 6. The van der Waals surface area contributed by atoms with Gasteiger partial charge in [-0.25, -0.2) is 9.78 Å². The molecule has 2 N–H and O–H groups in total. The number of rotatable bonds is 5. The van der Waals surface area contributed by atoms with Gasteiger partial charge < -0.3 is 19.8 Å². The number of fused-ring (bicyclic) bond motifs is 1. The lowest BCUT2D eigenvalue weighted by atomic mass is 10.1. The Balaban J connectivity index is 1.68. The van der Waals surface area contributed by atoms with Crippen LogP contribution >= 0.6 is 0 Å². The van der Waals surface area contributed by atoms with E-state index in [0.29, 0.717) is 33.8 Å². The number of methoxy groups -OCH3 is 2. The number of nitrogens with one attached hydrogen (secondary N) is 2. The van der Waals surface area contributed by atoms with E-state index in [4.69, 9.17) is 9.47 Å². The van der Waals surface area contributed by atoms with E-state index in [2.05, 4.69) is 15.3 Å². The molecule has 3 aromatic rings. The molecule has 1 aliphatic heterocycles. The molecule has 9 nitrogen and oxygen atoms in total. The van der Waals surface area contributed by atoms with Crippen LogP contribution in [-0.2, 0) is 11.3 Å². The Morgan fingerprint density at radius 1 is 1.07 bits per heavy atom. The molecule has 4 rings (SSSR count). The number of benzene rings is 2. The van der Waals surface area contributed by atoms with Crippen molar-refractivity contribution in [2.24, 2.45) is 0 Å². The van der Waals surface area contributed by atoms with Crippen molar-refractivity contribution in [2.75, 3.05) is 20.8 Å². The zero-order valence-electron chi connectivity index (χ0n) is 15.8. The molecule has 2 aromatic carbocycles. The van der Waals surface area contributed by atoms with E-state index in [-0.39, 0.29) is 24.6 Å². The molecule has 29 heavy (non-hydrogen) atoms. The van der Waals surface area contributed by atoms with E-state index in [1.165, 1.54) is 14.2 Å². The van der Waals surface area contributed by atoms with Crippen LogP contribution in [0.1, 0.15) is 5.56 Å². The Labute approximate surface area is 165 Å². The van der Waals surface area contributed by atoms with Crippen LogP contribution in [0.3, 0.4) is 0 Å². The average Bonchev–Trinajstić information content (AvgIpc) is 3.05. The average molecular weight is 394 g/mol. The van der Waals surface area contributed by atoms with Crippen LogP contribution in [0, 0.1) is 0 Å². The van der Waals surface area contributed by atoms with Crippen molar-refractivity contribution < 1.29 is 19.1 Å². The lowest BCUT2D eigenvalue weighted by Crippen LogP contribution is -2.30. The number of nitrogens with zero attached hydrogens (tertiary/aromatic N) is 2. The van der Waals surface area contributed by atoms with Gasteiger partial charge in [-0.15, -0.1) is 0 Å². The zero-order valence-corrected chi connectivity index (χ0v) is 15.8. The number of urea groups is 1. The third kappa shape index (κ3) is 3.38. The van der Waals surface area contributed by atoms with E-state index in [0.717, 1.165) is 10.5 Å². The molecule has 0 radical (unpaired) electrons. The van der Waals surface area contributed by atoms with Crippen molar-refractivity contribution in [3.63, 3.8) is 0 Å². The van der Waals surface area contributed by atoms with Crippen LogP contribution < -0.4 is 20.3 Å². The van der Waals surface area contributed by atoms with Crippen molar-refractivity contribution >= 4 is 22.8 Å². The van der Waals surface area contributed by atoms with E-state index in [9.17, 15) is 14.4 Å². The van der Waals surface area contributed by atoms with E-state index >= 15 is 0 Å². The van der Waals surface area contributed by atoms with Gasteiger partial charge in [0.25, 0.3) is 5.56 Å². The van der Waals surface area contributed by atoms with Gasteiger partial charge in [0.15, 0.2) is 0 Å². The van der Waals surface area contributed by atoms with Crippen LogP contribution in [0.25, 0.3) is 22.3 Å². The molecule has 148 valence electrons. The Morgan fingerprint density at radius 3 is 2.45 bits per heavy atom. The summed E-state index contributed by atoms with van der Waals surface area (Å²) in [5.41, 5.74) is 1.59. The van der Waals surface area contributed by atoms with E-state index in [1.54, 1.807) is 36.4 Å². The fraction of sp³-hybridized carbons (Fsp3) is 0.200. The second-order valence-corrected chi connectivity index (χ2v) is 6.47. The number of carbonyl (C=O) groups is 2. The third-order valence-electron chi connectivity index (χ3n) is 4.71. The number of hydrogen-bond donors (Lipinski definition) is 2. The van der Waals surface area contributed by atoms with Crippen molar-refractivity contribution in [2.45, 2.75) is 6.54 Å². The largest absolute Gasteiger partial charge is 0.497 e. The highest BCUT2D eigenvalue weighted by molar-refractivity contribution is 6.01. The summed E-state index contributed by atoms with van der Waals surface area (Å²) in [5.74, 6) is 1.03. The number of carbonyl (C=O) groups excluding carboxylic acids is 2. The molecule has 1 aliphatic rings. The summed E-state index contributed by atoms with van der Waals surface area (Å²) in [6.07, 6.45) is 0. The van der Waals surface area contributed by atoms with Crippen molar-refractivity contribution in [1.82, 2.24) is 20.2 Å². The molecule has 9 heteroatoms. The van der Waals surface area contributed by atoms with Crippen LogP contribution in [0.2, 0.25) is 0 Å². The van der Waals surface area contributed by atoms with Gasteiger partial charge in [0.05, 0.1) is 32.8 Å². The first kappa shape index (κ1) is 18.5. The van der Waals surface area contributed by atoms with Gasteiger partial charge in [-0.2, -0.15) is 0 Å². The van der Waals surface area contributed by atoms with Crippen molar-refractivity contribution in [1.29, 1.82) is 0 Å². The predicted molar refractivity (Wildman–Crippen MR) is 105 cm³/mol. The van der Waals surface area contributed by atoms with Gasteiger partial charge in [0.1, 0.15) is 22.7 Å². The predicted octanol–water partition coefficient (Wildman–Crippen LogP) is 1.66. The second-order valence-electron chi connectivity index (χ2n) is 6.47. The quantitative estimate of drug-likeness (QED) is 0.636. The molecule has 0 spiro atoms. The molecule has 0 aliphatic carbocycles. The lowest BCUT2D eigenvalue weighted by molar-refractivity contribution is -0.125. The van der Waals surface area contributed by atoms with Crippen LogP contribution in [0.5, 0.6) is 11.5 Å². The molecule has 3 amide bonds. The Hall–Kier alpha value is -3.88. The molecule has 2 heterocycles. The Bertz CT molecular complexity index is 1150. The fourth-order valence-electron chi connectivity index (χ4n) is 3.19. The highest BCUT2D eigenvalue weighted by atomic mass is 16.5. The maximum absolute atomic E-state index is 12.6. The number of imide groups is 1. The number of amides is 3. The first-order chi connectivity index (χ1) is 14.0. The van der Waals surface area contributed by atoms with Crippen LogP contribution in [-0.4, -0.2) is 47.6 Å². The summed E-state index contributed by atoms with van der Waals surface area (Å²) in [5, 5.41) is 2.83. The minimum atomic E-state index is -0.400. The minimum absolute atomic E-state index is 0.0199. The second kappa shape index (κ2) is 7.27. The molecular formula is C20H18N4O5. The highest BCUT2D eigenvalue weighted by Gasteiger charge is 2.28. The molecule has 0 saturated carbocycles. The number of aromatic nitrogens is 2. The third-order valence-corrected chi connectivity index (χ3v) is 4.71. The summed E-state index contributed by atoms with van der Waals surface area (Å²) in [4.78, 5) is 44.5. The lowest BCUT2D eigenvalue weighted by Gasteiger charge is -2.13. The van der Waals surface area contributed by atoms with E-state index in [1.807, 2.05) is 0 Å². The first-order valence-corrected chi connectivity index (χ1v) is 8.83. The maximum Gasteiger partial charge on any atom is 0.324 e. The standard InChI is InChI=1S/C20H18N4O5/c1-28-13-7-14-17(15(8-13)29-2)19(26)23-18(22-14)12-5-3-11(4-6-12)10-24-16(25)9-21-20(24)27/h3-8H,9-10H2,1-2H3,(H,21,27)(H,22,23,26). The SMILES string of the molecule is COc1cc(OC)c2c(=O)[nH]c(-c3ccc(CN4C(=O)CNC4=O)cc3)nc2c1. The molecular weight excluding hydrogens is 376 g/mol. The zero-order chi connectivity index (χ0) is 20.5. The summed E-state index contributed by atoms with van der Waals surface area (Å²) in [7, 11) is 3.00. The molecule has 0 atom stereocenters. The number of H-pyrrole nitrogens is 1. The number of ether oxygens (including phenoxy) is 2. The highest BCUT2D eigenvalue weighted by Crippen LogP contribution is 2.28. The summed E-state index contributed by atoms with van der Waals surface area (Å²) < 4.78 is 10.5. The van der Waals surface area contributed by atoms with Gasteiger partial charge in [0.2, 0.25) is 5.91 Å². The van der Waals surface area contributed by atoms with Gasteiger partial charge in [-0.05, 0) is 5.56 Å². The molecule has 1 fully saturated rings. The first-order valence-electron chi connectivity index (χ1n) is 8.83. The molecule has 1 saturated heterocycles. The normalized spacial score (nSPS) is 13.7. The summed E-state index contributed by atoms with van der Waals surface area (Å²) >= 11 is 0. The Morgan fingerprint density at radius 2 is 1.83 bits per heavy atom. The van der Waals surface area contributed by atoms with Gasteiger partial charge in [-0.3, -0.25) is 14.5 Å². The topological polar surface area (TPSA) is 114 Å². The molecule has 0 unspecified atom stereocenters. The monoisotopic (exact) mass is 394 g/mol. The molecule has 0 bridgehead atoms. The van der Waals surface area contributed by atoms with Crippen molar-refractivity contribution in [3.05, 3.63) is 52.3 Å². The van der Waals surface area contributed by atoms with Crippen LogP contribution in [0.4, 0.5) is 4.79 Å². The summed E-state index contributed by atoms with van der Waals surface area (Å²) in [6, 6.07) is 10.0. The summed E-state index contributed by atoms with van der Waals surface area (Å²) in [6.45, 7) is 0.201. The van der Waals surface area contributed by atoms with Crippen molar-refractivity contribution in [3.8, 4) is 22.9 Å². The van der Waals surface area contributed by atoms with Gasteiger partial charge in [0, 0.05) is 17.7 Å². The Kier molecular flexibility index (Phi) is 4.63. The maximum atomic E-state index is 12.6. The van der Waals surface area contributed by atoms with Gasteiger partial charge in [-0.1, -0.05) is 24.3 Å². The minimum Gasteiger partial charge on any atom is -0.497 e. The molecule has 1 aromatic heterocycles. The van der Waals surface area contributed by atoms with E-state index < -0.39 is 6.03 Å². The number of aromatic amines is 1.